The maximum atomic E-state index is 12.3. The molecule has 0 radical (unpaired) electrons. The number of anilines is 1. The summed E-state index contributed by atoms with van der Waals surface area (Å²) in [6, 6.07) is 2.69. The number of alkyl halides is 2. The van der Waals surface area contributed by atoms with Crippen LogP contribution in [0.3, 0.4) is 0 Å². The molecule has 0 aliphatic heterocycles. The van der Waals surface area contributed by atoms with Crippen molar-refractivity contribution in [3.05, 3.63) is 23.9 Å². The molecule has 0 fully saturated rings. The molecule has 0 unspecified atom stereocenters. The predicted molar refractivity (Wildman–Crippen MR) is 57.6 cm³/mol. The van der Waals surface area contributed by atoms with Crippen LogP contribution in [0.1, 0.15) is 10.4 Å². The van der Waals surface area contributed by atoms with Crippen molar-refractivity contribution in [2.45, 2.75) is 6.43 Å². The number of amides is 1. The number of carbonyl (C=O) groups excluding carboxylic acids is 1. The summed E-state index contributed by atoms with van der Waals surface area (Å²) in [4.78, 5) is 16.4. The Kier molecular flexibility index (Phi) is 4.77. The van der Waals surface area contributed by atoms with Gasteiger partial charge in [0.15, 0.2) is 0 Å². The molecule has 0 aliphatic carbocycles. The highest BCUT2D eigenvalue weighted by atomic mass is 19.3. The van der Waals surface area contributed by atoms with Gasteiger partial charge >= 0.3 is 0 Å². The molecule has 17 heavy (non-hydrogen) atoms. The Hall–Kier alpha value is -1.76. The number of nitrogen functional groups attached to an aromatic ring is 1. The van der Waals surface area contributed by atoms with Gasteiger partial charge in [0.1, 0.15) is 5.82 Å². The number of hydrogen-bond donors (Lipinski definition) is 2. The molecule has 3 N–H and O–H groups in total. The third kappa shape index (κ3) is 3.95. The lowest BCUT2D eigenvalue weighted by Gasteiger charge is -2.21. The summed E-state index contributed by atoms with van der Waals surface area (Å²) in [7, 11) is 0. The first-order valence-electron chi connectivity index (χ1n) is 4.94. The van der Waals surface area contributed by atoms with Crippen LogP contribution in [-0.4, -0.2) is 47.0 Å². The molecule has 0 atom stereocenters. The first-order chi connectivity index (χ1) is 8.04. The number of rotatable bonds is 5. The number of carbonyl (C=O) groups is 1. The van der Waals surface area contributed by atoms with Crippen LogP contribution in [0, 0.1) is 0 Å². The van der Waals surface area contributed by atoms with Gasteiger partial charge in [-0.15, -0.1) is 0 Å². The SMILES string of the molecule is Nc1cc(C(=O)N(CCO)CC(F)F)ccn1. The van der Waals surface area contributed by atoms with E-state index in [-0.39, 0.29) is 24.5 Å². The monoisotopic (exact) mass is 245 g/mol. The van der Waals surface area contributed by atoms with Gasteiger partial charge in [0, 0.05) is 18.3 Å². The van der Waals surface area contributed by atoms with Crippen LogP contribution in [0.2, 0.25) is 0 Å². The zero-order chi connectivity index (χ0) is 12.8. The standard InChI is InChI=1S/C10H13F2N3O2/c11-8(12)6-15(3-4-16)10(17)7-1-2-14-9(13)5-7/h1-2,5,8,16H,3-4,6H2,(H2,13,14). The normalized spacial score (nSPS) is 10.6. The van der Waals surface area contributed by atoms with E-state index < -0.39 is 18.9 Å². The van der Waals surface area contributed by atoms with Gasteiger partial charge in [0.05, 0.1) is 13.2 Å². The third-order valence-electron chi connectivity index (χ3n) is 2.04. The Morgan fingerprint density at radius 1 is 1.59 bits per heavy atom. The van der Waals surface area contributed by atoms with Gasteiger partial charge in [-0.1, -0.05) is 0 Å². The number of pyridine rings is 1. The van der Waals surface area contributed by atoms with E-state index in [1.165, 1.54) is 18.3 Å². The second-order valence-corrected chi connectivity index (χ2v) is 3.34. The Balaban J connectivity index is 2.83. The Labute approximate surface area is 96.9 Å². The molecular formula is C10H13F2N3O2. The number of nitrogens with two attached hydrogens (primary N) is 1. The maximum absolute atomic E-state index is 12.3. The molecule has 1 rings (SSSR count). The van der Waals surface area contributed by atoms with E-state index in [4.69, 9.17) is 10.8 Å². The Bertz CT molecular complexity index is 388. The summed E-state index contributed by atoms with van der Waals surface area (Å²) in [5.74, 6) is -0.467. The average Bonchev–Trinajstić information content (AvgIpc) is 2.27. The minimum Gasteiger partial charge on any atom is -0.395 e. The maximum Gasteiger partial charge on any atom is 0.255 e. The number of aliphatic hydroxyl groups excluding tert-OH is 1. The lowest BCUT2D eigenvalue weighted by molar-refractivity contribution is 0.0509. The van der Waals surface area contributed by atoms with Gasteiger partial charge in [-0.25, -0.2) is 13.8 Å². The van der Waals surface area contributed by atoms with Crippen LogP contribution >= 0.6 is 0 Å². The highest BCUT2D eigenvalue weighted by Crippen LogP contribution is 2.09. The van der Waals surface area contributed by atoms with Gasteiger partial charge in [-0.3, -0.25) is 4.79 Å². The van der Waals surface area contributed by atoms with Gasteiger partial charge in [-0.05, 0) is 12.1 Å². The zero-order valence-electron chi connectivity index (χ0n) is 9.01. The summed E-state index contributed by atoms with van der Waals surface area (Å²) < 4.78 is 24.5. The van der Waals surface area contributed by atoms with Crippen LogP contribution in [0.15, 0.2) is 18.3 Å². The van der Waals surface area contributed by atoms with E-state index in [0.717, 1.165) is 4.90 Å². The molecular weight excluding hydrogens is 232 g/mol. The summed E-state index contributed by atoms with van der Waals surface area (Å²) in [6.45, 7) is -1.24. The number of aromatic nitrogens is 1. The molecule has 0 aromatic carbocycles. The fourth-order valence-electron chi connectivity index (χ4n) is 1.33. The molecule has 1 aromatic rings. The van der Waals surface area contributed by atoms with Crippen molar-refractivity contribution in [1.82, 2.24) is 9.88 Å². The molecule has 0 aliphatic rings. The molecule has 0 saturated heterocycles. The number of aliphatic hydroxyl groups is 1. The van der Waals surface area contributed by atoms with E-state index >= 15 is 0 Å². The summed E-state index contributed by atoms with van der Waals surface area (Å²) in [5, 5.41) is 8.72. The van der Waals surface area contributed by atoms with Crippen molar-refractivity contribution in [2.75, 3.05) is 25.4 Å². The minimum absolute atomic E-state index is 0.136. The van der Waals surface area contributed by atoms with E-state index in [1.807, 2.05) is 0 Å². The summed E-state index contributed by atoms with van der Waals surface area (Å²) in [5.41, 5.74) is 5.57. The topological polar surface area (TPSA) is 79.5 Å². The molecule has 0 bridgehead atoms. The highest BCUT2D eigenvalue weighted by Gasteiger charge is 2.19. The van der Waals surface area contributed by atoms with Crippen LogP contribution in [-0.2, 0) is 0 Å². The smallest absolute Gasteiger partial charge is 0.255 e. The van der Waals surface area contributed by atoms with E-state index in [9.17, 15) is 13.6 Å². The van der Waals surface area contributed by atoms with Crippen molar-refractivity contribution < 1.29 is 18.7 Å². The first kappa shape index (κ1) is 13.3. The number of hydrogen-bond acceptors (Lipinski definition) is 4. The molecule has 1 aromatic heterocycles. The molecule has 1 heterocycles. The highest BCUT2D eigenvalue weighted by molar-refractivity contribution is 5.94. The molecule has 5 nitrogen and oxygen atoms in total. The molecule has 0 spiro atoms. The van der Waals surface area contributed by atoms with Gasteiger partial charge in [0.25, 0.3) is 12.3 Å². The van der Waals surface area contributed by atoms with Crippen molar-refractivity contribution in [1.29, 1.82) is 0 Å². The molecule has 7 heteroatoms. The van der Waals surface area contributed by atoms with Crippen LogP contribution in [0.25, 0.3) is 0 Å². The fourth-order valence-corrected chi connectivity index (χ4v) is 1.33. The number of nitrogens with zero attached hydrogens (tertiary/aromatic N) is 2. The van der Waals surface area contributed by atoms with Crippen molar-refractivity contribution in [3.8, 4) is 0 Å². The Morgan fingerprint density at radius 2 is 2.29 bits per heavy atom. The first-order valence-corrected chi connectivity index (χ1v) is 4.94. The van der Waals surface area contributed by atoms with Gasteiger partial charge in [0.2, 0.25) is 0 Å². The minimum atomic E-state index is -2.65. The van der Waals surface area contributed by atoms with E-state index in [2.05, 4.69) is 4.98 Å². The van der Waals surface area contributed by atoms with Crippen LogP contribution in [0.5, 0.6) is 0 Å². The van der Waals surface area contributed by atoms with Crippen LogP contribution < -0.4 is 5.73 Å². The molecule has 94 valence electrons. The molecule has 0 saturated carbocycles. The lowest BCUT2D eigenvalue weighted by Crippen LogP contribution is -2.37. The summed E-state index contributed by atoms with van der Waals surface area (Å²) in [6.07, 6.45) is -1.33. The largest absolute Gasteiger partial charge is 0.395 e. The lowest BCUT2D eigenvalue weighted by atomic mass is 10.2. The zero-order valence-corrected chi connectivity index (χ0v) is 9.01. The van der Waals surface area contributed by atoms with Gasteiger partial charge < -0.3 is 15.7 Å². The van der Waals surface area contributed by atoms with Crippen molar-refractivity contribution in [3.63, 3.8) is 0 Å². The summed E-state index contributed by atoms with van der Waals surface area (Å²) >= 11 is 0. The van der Waals surface area contributed by atoms with Crippen molar-refractivity contribution >= 4 is 11.7 Å². The Morgan fingerprint density at radius 3 is 2.82 bits per heavy atom. The fraction of sp³-hybridized carbons (Fsp3) is 0.400. The van der Waals surface area contributed by atoms with E-state index in [0.29, 0.717) is 0 Å². The van der Waals surface area contributed by atoms with Crippen LogP contribution in [0.4, 0.5) is 14.6 Å². The quantitative estimate of drug-likeness (QED) is 0.785. The third-order valence-corrected chi connectivity index (χ3v) is 2.04. The predicted octanol–water partition coefficient (Wildman–Crippen LogP) is 0.363. The van der Waals surface area contributed by atoms with E-state index in [1.54, 1.807) is 0 Å². The number of halogens is 2. The second-order valence-electron chi connectivity index (χ2n) is 3.34. The van der Waals surface area contributed by atoms with Crippen molar-refractivity contribution in [2.24, 2.45) is 0 Å². The van der Waals surface area contributed by atoms with Gasteiger partial charge in [-0.2, -0.15) is 0 Å². The second kappa shape index (κ2) is 6.09. The molecule has 1 amide bonds. The average molecular weight is 245 g/mol.